The summed E-state index contributed by atoms with van der Waals surface area (Å²) in [5, 5.41) is 9.36. The van der Waals surface area contributed by atoms with E-state index >= 15 is 0 Å². The molecule has 0 radical (unpaired) electrons. The van der Waals surface area contributed by atoms with Gasteiger partial charge in [-0.25, -0.2) is 0 Å². The van der Waals surface area contributed by atoms with Crippen LogP contribution in [0.3, 0.4) is 0 Å². The van der Waals surface area contributed by atoms with Gasteiger partial charge in [0.25, 0.3) is 5.89 Å². The number of piperazine rings is 1. The van der Waals surface area contributed by atoms with Gasteiger partial charge in [-0.05, 0) is 11.4 Å². The fourth-order valence-corrected chi connectivity index (χ4v) is 2.53. The van der Waals surface area contributed by atoms with Crippen molar-refractivity contribution in [2.75, 3.05) is 26.2 Å². The second-order valence-electron chi connectivity index (χ2n) is 4.02. The molecule has 90 valence electrons. The highest BCUT2D eigenvalue weighted by Gasteiger charge is 2.14. The van der Waals surface area contributed by atoms with Crippen molar-refractivity contribution < 1.29 is 4.52 Å². The molecule has 0 atom stereocenters. The smallest absolute Gasteiger partial charge is 0.268 e. The summed E-state index contributed by atoms with van der Waals surface area (Å²) in [6.07, 6.45) is 0. The van der Waals surface area contributed by atoms with Crippen molar-refractivity contribution in [1.29, 1.82) is 0 Å². The summed E-state index contributed by atoms with van der Waals surface area (Å²) in [6.45, 7) is 4.94. The van der Waals surface area contributed by atoms with Gasteiger partial charge in [0.15, 0.2) is 5.82 Å². The van der Waals surface area contributed by atoms with E-state index in [4.69, 9.17) is 4.52 Å². The Morgan fingerprint density at radius 3 is 3.06 bits per heavy atom. The zero-order valence-electron chi connectivity index (χ0n) is 9.43. The van der Waals surface area contributed by atoms with E-state index in [2.05, 4.69) is 20.4 Å². The van der Waals surface area contributed by atoms with Crippen molar-refractivity contribution in [2.45, 2.75) is 6.54 Å². The van der Waals surface area contributed by atoms with Crippen LogP contribution >= 0.6 is 11.3 Å². The molecule has 0 unspecified atom stereocenters. The predicted molar refractivity (Wildman–Crippen MR) is 65.8 cm³/mol. The van der Waals surface area contributed by atoms with Crippen LogP contribution in [0.5, 0.6) is 0 Å². The highest BCUT2D eigenvalue weighted by atomic mass is 32.1. The van der Waals surface area contributed by atoms with E-state index in [1.807, 2.05) is 17.5 Å². The van der Waals surface area contributed by atoms with Crippen LogP contribution in [-0.4, -0.2) is 41.2 Å². The maximum Gasteiger partial charge on any atom is 0.268 e. The molecule has 2 aromatic rings. The molecule has 0 aliphatic carbocycles. The van der Waals surface area contributed by atoms with Crippen LogP contribution in [0.4, 0.5) is 0 Å². The molecule has 1 aliphatic heterocycles. The molecule has 2 aromatic heterocycles. The SMILES string of the molecule is c1csc(-c2nc(CN3CCNCC3)no2)c1. The van der Waals surface area contributed by atoms with Crippen molar-refractivity contribution in [3.8, 4) is 10.8 Å². The van der Waals surface area contributed by atoms with Crippen LogP contribution < -0.4 is 5.32 Å². The van der Waals surface area contributed by atoms with Crippen molar-refractivity contribution >= 4 is 11.3 Å². The lowest BCUT2D eigenvalue weighted by molar-refractivity contribution is 0.225. The summed E-state index contributed by atoms with van der Waals surface area (Å²) < 4.78 is 5.26. The summed E-state index contributed by atoms with van der Waals surface area (Å²) in [5.41, 5.74) is 0. The molecule has 6 heteroatoms. The first-order valence-corrected chi connectivity index (χ1v) is 6.59. The van der Waals surface area contributed by atoms with E-state index in [-0.39, 0.29) is 0 Å². The molecular formula is C11H14N4OS. The lowest BCUT2D eigenvalue weighted by Gasteiger charge is -2.25. The third kappa shape index (κ3) is 2.54. The minimum atomic E-state index is 0.630. The first-order valence-electron chi connectivity index (χ1n) is 5.71. The number of nitrogens with zero attached hydrogens (tertiary/aromatic N) is 3. The van der Waals surface area contributed by atoms with Gasteiger partial charge in [-0.1, -0.05) is 11.2 Å². The number of nitrogens with one attached hydrogen (secondary N) is 1. The maximum atomic E-state index is 5.26. The fourth-order valence-electron chi connectivity index (χ4n) is 1.89. The van der Waals surface area contributed by atoms with E-state index in [9.17, 15) is 0 Å². The molecule has 0 spiro atoms. The van der Waals surface area contributed by atoms with E-state index in [0.29, 0.717) is 5.89 Å². The molecule has 17 heavy (non-hydrogen) atoms. The second kappa shape index (κ2) is 4.95. The Balaban J connectivity index is 1.68. The molecule has 1 fully saturated rings. The second-order valence-corrected chi connectivity index (χ2v) is 4.97. The number of hydrogen-bond acceptors (Lipinski definition) is 6. The molecule has 0 aromatic carbocycles. The van der Waals surface area contributed by atoms with Gasteiger partial charge in [0.1, 0.15) is 0 Å². The summed E-state index contributed by atoms with van der Waals surface area (Å²) in [6, 6.07) is 3.98. The number of hydrogen-bond donors (Lipinski definition) is 1. The van der Waals surface area contributed by atoms with E-state index < -0.39 is 0 Å². The topological polar surface area (TPSA) is 54.2 Å². The van der Waals surface area contributed by atoms with Crippen molar-refractivity contribution in [1.82, 2.24) is 20.4 Å². The van der Waals surface area contributed by atoms with Crippen LogP contribution in [0, 0.1) is 0 Å². The monoisotopic (exact) mass is 250 g/mol. The van der Waals surface area contributed by atoms with Crippen molar-refractivity contribution in [3.63, 3.8) is 0 Å². The zero-order valence-corrected chi connectivity index (χ0v) is 10.2. The molecule has 1 saturated heterocycles. The molecular weight excluding hydrogens is 236 g/mol. The molecule has 0 amide bonds. The van der Waals surface area contributed by atoms with E-state index in [1.165, 1.54) is 0 Å². The lowest BCUT2D eigenvalue weighted by atomic mass is 10.3. The van der Waals surface area contributed by atoms with Crippen LogP contribution in [0.15, 0.2) is 22.0 Å². The summed E-state index contributed by atoms with van der Waals surface area (Å²) >= 11 is 1.62. The molecule has 3 rings (SSSR count). The summed E-state index contributed by atoms with van der Waals surface area (Å²) in [4.78, 5) is 7.78. The van der Waals surface area contributed by atoms with Gasteiger partial charge in [-0.2, -0.15) is 4.98 Å². The largest absolute Gasteiger partial charge is 0.333 e. The first kappa shape index (κ1) is 10.9. The average Bonchev–Trinajstić information content (AvgIpc) is 3.00. The molecule has 1 N–H and O–H groups in total. The van der Waals surface area contributed by atoms with Gasteiger partial charge in [-0.15, -0.1) is 11.3 Å². The van der Waals surface area contributed by atoms with E-state index in [0.717, 1.165) is 43.4 Å². The third-order valence-corrected chi connectivity index (χ3v) is 3.63. The first-order chi connectivity index (χ1) is 8.42. The van der Waals surface area contributed by atoms with Gasteiger partial charge < -0.3 is 9.84 Å². The normalized spacial score (nSPS) is 17.4. The van der Waals surface area contributed by atoms with Gasteiger partial charge in [0.2, 0.25) is 0 Å². The third-order valence-electron chi connectivity index (χ3n) is 2.77. The molecule has 3 heterocycles. The Kier molecular flexibility index (Phi) is 3.17. The van der Waals surface area contributed by atoms with Gasteiger partial charge in [0, 0.05) is 26.2 Å². The Hall–Kier alpha value is -1.24. The summed E-state index contributed by atoms with van der Waals surface area (Å²) in [7, 11) is 0. The minimum Gasteiger partial charge on any atom is -0.333 e. The van der Waals surface area contributed by atoms with Crippen molar-refractivity contribution in [2.24, 2.45) is 0 Å². The standard InChI is InChI=1S/C11H14N4OS/c1-2-9(17-7-1)11-13-10(14-16-11)8-15-5-3-12-4-6-15/h1-2,7,12H,3-6,8H2. The van der Waals surface area contributed by atoms with E-state index in [1.54, 1.807) is 11.3 Å². The Bertz CT molecular complexity index is 462. The maximum absolute atomic E-state index is 5.26. The van der Waals surface area contributed by atoms with Gasteiger partial charge >= 0.3 is 0 Å². The zero-order chi connectivity index (χ0) is 11.5. The van der Waals surface area contributed by atoms with Gasteiger partial charge in [-0.3, -0.25) is 4.90 Å². The Morgan fingerprint density at radius 2 is 2.29 bits per heavy atom. The Labute approximate surface area is 103 Å². The number of aromatic nitrogens is 2. The lowest BCUT2D eigenvalue weighted by Crippen LogP contribution is -2.43. The van der Waals surface area contributed by atoms with Crippen LogP contribution in [0.2, 0.25) is 0 Å². The van der Waals surface area contributed by atoms with Crippen LogP contribution in [0.1, 0.15) is 5.82 Å². The molecule has 0 saturated carbocycles. The number of rotatable bonds is 3. The van der Waals surface area contributed by atoms with Crippen LogP contribution in [0.25, 0.3) is 10.8 Å². The molecule has 1 aliphatic rings. The quantitative estimate of drug-likeness (QED) is 0.887. The van der Waals surface area contributed by atoms with Gasteiger partial charge in [0.05, 0.1) is 11.4 Å². The Morgan fingerprint density at radius 1 is 1.41 bits per heavy atom. The fraction of sp³-hybridized carbons (Fsp3) is 0.455. The van der Waals surface area contributed by atoms with Crippen LogP contribution in [-0.2, 0) is 6.54 Å². The summed E-state index contributed by atoms with van der Waals surface area (Å²) in [5.74, 6) is 1.40. The minimum absolute atomic E-state index is 0.630. The van der Waals surface area contributed by atoms with Crippen molar-refractivity contribution in [3.05, 3.63) is 23.3 Å². The highest BCUT2D eigenvalue weighted by molar-refractivity contribution is 7.13. The highest BCUT2D eigenvalue weighted by Crippen LogP contribution is 2.22. The molecule has 5 nitrogen and oxygen atoms in total. The number of thiophene rings is 1. The molecule has 0 bridgehead atoms. The predicted octanol–water partition coefficient (Wildman–Crippen LogP) is 1.20. The average molecular weight is 250 g/mol.